The Hall–Kier alpha value is -3.24. The lowest BCUT2D eigenvalue weighted by molar-refractivity contribution is -0.151. The third-order valence-corrected chi connectivity index (χ3v) is 5.20. The summed E-state index contributed by atoms with van der Waals surface area (Å²) < 4.78 is 43.7. The Morgan fingerprint density at radius 3 is 2.75 bits per heavy atom. The number of aryl methyl sites for hydroxylation is 1. The number of aromatic amines is 1. The van der Waals surface area contributed by atoms with Gasteiger partial charge in [0.2, 0.25) is 5.91 Å². The molecule has 172 valence electrons. The average Bonchev–Trinajstić information content (AvgIpc) is 2.78. The van der Waals surface area contributed by atoms with Crippen molar-refractivity contribution in [1.82, 2.24) is 20.1 Å². The average molecular weight is 452 g/mol. The van der Waals surface area contributed by atoms with Crippen molar-refractivity contribution in [1.29, 1.82) is 0 Å². The van der Waals surface area contributed by atoms with Crippen LogP contribution in [0.25, 0.3) is 11.4 Å². The summed E-state index contributed by atoms with van der Waals surface area (Å²) in [6, 6.07) is 4.39. The van der Waals surface area contributed by atoms with Gasteiger partial charge >= 0.3 is 12.1 Å². The first-order valence-corrected chi connectivity index (χ1v) is 10.3. The monoisotopic (exact) mass is 452 g/mol. The van der Waals surface area contributed by atoms with Crippen LogP contribution in [0.3, 0.4) is 0 Å². The van der Waals surface area contributed by atoms with Crippen LogP contribution in [0.5, 0.6) is 0 Å². The first-order chi connectivity index (χ1) is 15.2. The van der Waals surface area contributed by atoms with Crippen LogP contribution in [0.2, 0.25) is 0 Å². The predicted octanol–water partition coefficient (Wildman–Crippen LogP) is 2.59. The first-order valence-electron chi connectivity index (χ1n) is 10.3. The van der Waals surface area contributed by atoms with E-state index in [1.165, 1.54) is 12.1 Å². The molecule has 1 amide bonds. The number of rotatable bonds is 6. The Morgan fingerprint density at radius 2 is 2.06 bits per heavy atom. The van der Waals surface area contributed by atoms with E-state index < -0.39 is 17.3 Å². The minimum absolute atomic E-state index is 0.00376. The zero-order valence-corrected chi connectivity index (χ0v) is 17.4. The fraction of sp³-hybridized carbons (Fsp3) is 0.476. The molecule has 1 unspecified atom stereocenters. The molecule has 8 nitrogen and oxygen atoms in total. The summed E-state index contributed by atoms with van der Waals surface area (Å²) in [6.45, 7) is 2.79. The maximum absolute atomic E-state index is 12.9. The van der Waals surface area contributed by atoms with Gasteiger partial charge in [-0.05, 0) is 31.9 Å². The van der Waals surface area contributed by atoms with Crippen molar-refractivity contribution in [2.75, 3.05) is 19.7 Å². The second-order valence-corrected chi connectivity index (χ2v) is 7.46. The second kappa shape index (κ2) is 9.92. The quantitative estimate of drug-likeness (QED) is 0.676. The minimum Gasteiger partial charge on any atom is -0.466 e. The predicted molar refractivity (Wildman–Crippen MR) is 107 cm³/mol. The van der Waals surface area contributed by atoms with Crippen molar-refractivity contribution in [2.45, 2.75) is 38.8 Å². The third-order valence-electron chi connectivity index (χ3n) is 5.20. The summed E-state index contributed by atoms with van der Waals surface area (Å²) in [6.07, 6.45) is -3.17. The van der Waals surface area contributed by atoms with Crippen molar-refractivity contribution in [3.63, 3.8) is 0 Å². The molecule has 0 radical (unpaired) electrons. The molecule has 3 rings (SSSR count). The van der Waals surface area contributed by atoms with E-state index in [0.29, 0.717) is 19.4 Å². The Kier molecular flexibility index (Phi) is 7.26. The molecule has 32 heavy (non-hydrogen) atoms. The highest BCUT2D eigenvalue weighted by Gasteiger charge is 2.31. The largest absolute Gasteiger partial charge is 0.466 e. The first kappa shape index (κ1) is 23.4. The molecule has 0 aliphatic carbocycles. The van der Waals surface area contributed by atoms with E-state index in [2.05, 4.69) is 15.2 Å². The molecule has 0 saturated carbocycles. The number of ether oxygens (including phenoxy) is 1. The Balaban J connectivity index is 1.64. The molecular weight excluding hydrogens is 429 g/mol. The zero-order chi connectivity index (χ0) is 23.3. The summed E-state index contributed by atoms with van der Waals surface area (Å²) >= 11 is 0. The van der Waals surface area contributed by atoms with Crippen LogP contribution in [0, 0.1) is 5.92 Å². The number of esters is 1. The zero-order valence-electron chi connectivity index (χ0n) is 17.4. The molecule has 1 N–H and O–H groups in total. The van der Waals surface area contributed by atoms with E-state index in [4.69, 9.17) is 4.74 Å². The minimum atomic E-state index is -4.52. The highest BCUT2D eigenvalue weighted by molar-refractivity contribution is 5.78. The standard InChI is InChI=1S/C21H23F3N4O4/c1-2-32-20(31)14-6-4-10-28(12-14)17(29)9-8-16-19(30)25-18(27-26-16)13-5-3-7-15(11-13)21(22,23)24/h3,5,7,11,14H,2,4,6,8-10,12H2,1H3,(H,25,27,30). The number of aromatic nitrogens is 3. The molecule has 0 spiro atoms. The lowest BCUT2D eigenvalue weighted by Gasteiger charge is -2.31. The Bertz CT molecular complexity index is 1040. The molecule has 11 heteroatoms. The van der Waals surface area contributed by atoms with Crippen molar-refractivity contribution in [3.8, 4) is 11.4 Å². The highest BCUT2D eigenvalue weighted by atomic mass is 19.4. The van der Waals surface area contributed by atoms with E-state index in [1.54, 1.807) is 11.8 Å². The number of alkyl halides is 3. The van der Waals surface area contributed by atoms with Crippen LogP contribution in [-0.4, -0.2) is 51.7 Å². The normalized spacial score (nSPS) is 16.6. The molecule has 1 fully saturated rings. The molecule has 1 aromatic heterocycles. The molecular formula is C21H23F3N4O4. The van der Waals surface area contributed by atoms with Gasteiger partial charge in [-0.3, -0.25) is 14.4 Å². The van der Waals surface area contributed by atoms with Gasteiger partial charge in [-0.25, -0.2) is 0 Å². The van der Waals surface area contributed by atoms with Crippen molar-refractivity contribution in [3.05, 3.63) is 45.9 Å². The molecule has 0 bridgehead atoms. The van der Waals surface area contributed by atoms with Gasteiger partial charge in [0.05, 0.1) is 18.1 Å². The molecule has 2 aromatic rings. The number of amides is 1. The molecule has 1 aliphatic heterocycles. The topological polar surface area (TPSA) is 105 Å². The van der Waals surface area contributed by atoms with Gasteiger partial charge in [0, 0.05) is 31.5 Å². The van der Waals surface area contributed by atoms with Gasteiger partial charge in [0.1, 0.15) is 5.69 Å². The lowest BCUT2D eigenvalue weighted by Crippen LogP contribution is -2.43. The van der Waals surface area contributed by atoms with Crippen LogP contribution in [0.15, 0.2) is 29.1 Å². The Morgan fingerprint density at radius 1 is 1.28 bits per heavy atom. The summed E-state index contributed by atoms with van der Waals surface area (Å²) in [7, 11) is 0. The van der Waals surface area contributed by atoms with Crippen molar-refractivity contribution < 1.29 is 27.5 Å². The number of H-pyrrole nitrogens is 1. The number of carbonyl (C=O) groups is 2. The van der Waals surface area contributed by atoms with E-state index in [1.807, 2.05) is 0 Å². The lowest BCUT2D eigenvalue weighted by atomic mass is 9.98. The maximum atomic E-state index is 12.9. The number of piperidine rings is 1. The van der Waals surface area contributed by atoms with Crippen LogP contribution in [0.1, 0.15) is 37.4 Å². The van der Waals surface area contributed by atoms with Gasteiger partial charge in [0.25, 0.3) is 5.56 Å². The van der Waals surface area contributed by atoms with E-state index in [-0.39, 0.29) is 60.9 Å². The van der Waals surface area contributed by atoms with Gasteiger partial charge in [-0.2, -0.15) is 13.2 Å². The highest BCUT2D eigenvalue weighted by Crippen LogP contribution is 2.31. The fourth-order valence-corrected chi connectivity index (χ4v) is 3.54. The number of nitrogens with one attached hydrogen (secondary N) is 1. The molecule has 1 atom stereocenters. The van der Waals surface area contributed by atoms with E-state index in [9.17, 15) is 27.6 Å². The van der Waals surface area contributed by atoms with Crippen LogP contribution < -0.4 is 5.56 Å². The number of hydrogen-bond donors (Lipinski definition) is 1. The summed E-state index contributed by atoms with van der Waals surface area (Å²) in [5.74, 6) is -0.994. The fourth-order valence-electron chi connectivity index (χ4n) is 3.54. The maximum Gasteiger partial charge on any atom is 0.416 e. The van der Waals surface area contributed by atoms with Crippen LogP contribution in [0.4, 0.5) is 13.2 Å². The Labute approximate surface area is 181 Å². The number of carbonyl (C=O) groups excluding carboxylic acids is 2. The van der Waals surface area contributed by atoms with Crippen molar-refractivity contribution >= 4 is 11.9 Å². The number of hydrogen-bond acceptors (Lipinski definition) is 6. The van der Waals surface area contributed by atoms with Gasteiger partial charge in [-0.1, -0.05) is 12.1 Å². The molecule has 1 saturated heterocycles. The number of benzene rings is 1. The number of likely N-dealkylation sites (tertiary alicyclic amines) is 1. The summed E-state index contributed by atoms with van der Waals surface area (Å²) in [4.78, 5) is 40.8. The van der Waals surface area contributed by atoms with Crippen LogP contribution >= 0.6 is 0 Å². The smallest absolute Gasteiger partial charge is 0.416 e. The number of halogens is 3. The summed E-state index contributed by atoms with van der Waals surface area (Å²) in [5.41, 5.74) is -1.41. The second-order valence-electron chi connectivity index (χ2n) is 7.46. The van der Waals surface area contributed by atoms with Gasteiger partial charge in [0.15, 0.2) is 5.82 Å². The van der Waals surface area contributed by atoms with Gasteiger partial charge < -0.3 is 14.6 Å². The van der Waals surface area contributed by atoms with Crippen molar-refractivity contribution in [2.24, 2.45) is 5.92 Å². The van der Waals surface area contributed by atoms with Gasteiger partial charge in [-0.15, -0.1) is 10.2 Å². The number of nitrogens with zero attached hydrogens (tertiary/aromatic N) is 3. The molecule has 1 aliphatic rings. The molecule has 2 heterocycles. The van der Waals surface area contributed by atoms with E-state index in [0.717, 1.165) is 12.1 Å². The molecule has 1 aromatic carbocycles. The summed E-state index contributed by atoms with van der Waals surface area (Å²) in [5, 5.41) is 7.63. The van der Waals surface area contributed by atoms with Crippen LogP contribution in [-0.2, 0) is 26.9 Å². The SMILES string of the molecule is CCOC(=O)C1CCCN(C(=O)CCc2nnc(-c3cccc(C(F)(F)F)c3)[nH]c2=O)C1. The van der Waals surface area contributed by atoms with E-state index >= 15 is 0 Å². The third kappa shape index (κ3) is 5.71.